The van der Waals surface area contributed by atoms with Crippen molar-refractivity contribution in [3.63, 3.8) is 0 Å². The van der Waals surface area contributed by atoms with E-state index in [0.717, 1.165) is 31.2 Å². The van der Waals surface area contributed by atoms with Crippen LogP contribution in [0, 0.1) is 5.92 Å². The van der Waals surface area contributed by atoms with Crippen LogP contribution in [0.4, 0.5) is 13.2 Å². The fourth-order valence-corrected chi connectivity index (χ4v) is 5.06. The standard InChI is InChI=1S/C26H29F3N2O3/c27-26(28,29)17-34-16-19-12-10-18(11-13-19)15-30-24(32)23-14-21-8-4-5-9-22(21)31(23)25(33)20-6-2-1-3-7-20/h1-3,6-7,10-13,21-23H,4-5,8-9,14-17H2,(H,30,32). The highest BCUT2D eigenvalue weighted by Crippen LogP contribution is 2.40. The third kappa shape index (κ3) is 5.97. The average Bonchev–Trinajstić information content (AvgIpc) is 3.22. The average molecular weight is 475 g/mol. The van der Waals surface area contributed by atoms with Gasteiger partial charge in [-0.1, -0.05) is 55.3 Å². The molecule has 3 unspecified atom stereocenters. The van der Waals surface area contributed by atoms with Crippen LogP contribution in [-0.2, 0) is 22.7 Å². The van der Waals surface area contributed by atoms with Crippen LogP contribution in [-0.4, -0.2) is 41.6 Å². The molecule has 8 heteroatoms. The van der Waals surface area contributed by atoms with Crippen LogP contribution in [0.2, 0.25) is 0 Å². The molecule has 2 fully saturated rings. The van der Waals surface area contributed by atoms with Crippen molar-refractivity contribution in [2.75, 3.05) is 6.61 Å². The Morgan fingerprint density at radius 3 is 2.35 bits per heavy atom. The van der Waals surface area contributed by atoms with Crippen LogP contribution in [0.15, 0.2) is 54.6 Å². The Morgan fingerprint density at radius 1 is 0.971 bits per heavy atom. The SMILES string of the molecule is O=C(NCc1ccc(COCC(F)(F)F)cc1)C1CC2CCCCC2N1C(=O)c1ccccc1. The largest absolute Gasteiger partial charge is 0.411 e. The number of nitrogens with one attached hydrogen (secondary N) is 1. The van der Waals surface area contributed by atoms with Gasteiger partial charge in [-0.05, 0) is 48.4 Å². The Kier molecular flexibility index (Phi) is 7.56. The summed E-state index contributed by atoms with van der Waals surface area (Å²) in [5, 5.41) is 2.96. The molecule has 1 saturated carbocycles. The van der Waals surface area contributed by atoms with Gasteiger partial charge in [0.1, 0.15) is 12.6 Å². The van der Waals surface area contributed by atoms with E-state index in [0.29, 0.717) is 23.5 Å². The van der Waals surface area contributed by atoms with Gasteiger partial charge >= 0.3 is 6.18 Å². The number of hydrogen-bond acceptors (Lipinski definition) is 3. The van der Waals surface area contributed by atoms with Gasteiger partial charge in [-0.15, -0.1) is 0 Å². The molecule has 0 bridgehead atoms. The topological polar surface area (TPSA) is 58.6 Å². The van der Waals surface area contributed by atoms with Crippen molar-refractivity contribution in [1.29, 1.82) is 0 Å². The molecule has 0 spiro atoms. The van der Waals surface area contributed by atoms with E-state index >= 15 is 0 Å². The molecule has 34 heavy (non-hydrogen) atoms. The molecule has 2 aromatic carbocycles. The summed E-state index contributed by atoms with van der Waals surface area (Å²) in [7, 11) is 0. The smallest absolute Gasteiger partial charge is 0.367 e. The zero-order chi connectivity index (χ0) is 24.1. The molecule has 0 radical (unpaired) electrons. The summed E-state index contributed by atoms with van der Waals surface area (Å²) in [4.78, 5) is 28.3. The van der Waals surface area contributed by atoms with Gasteiger partial charge in [-0.25, -0.2) is 0 Å². The maximum Gasteiger partial charge on any atom is 0.411 e. The Morgan fingerprint density at radius 2 is 1.65 bits per heavy atom. The number of halogens is 3. The Hall–Kier alpha value is -2.87. The fraction of sp³-hybridized carbons (Fsp3) is 0.462. The van der Waals surface area contributed by atoms with Gasteiger partial charge in [-0.2, -0.15) is 13.2 Å². The molecular weight excluding hydrogens is 445 g/mol. The molecule has 2 aliphatic rings. The van der Waals surface area contributed by atoms with E-state index < -0.39 is 18.8 Å². The van der Waals surface area contributed by atoms with Crippen molar-refractivity contribution in [2.45, 2.75) is 63.5 Å². The maximum atomic E-state index is 13.3. The lowest BCUT2D eigenvalue weighted by Gasteiger charge is -2.33. The predicted molar refractivity (Wildman–Crippen MR) is 121 cm³/mol. The number of alkyl halides is 3. The number of carbonyl (C=O) groups excluding carboxylic acids is 2. The molecule has 0 aromatic heterocycles. The first-order valence-corrected chi connectivity index (χ1v) is 11.7. The normalized spacial score (nSPS) is 22.3. The van der Waals surface area contributed by atoms with Crippen molar-refractivity contribution in [1.82, 2.24) is 10.2 Å². The second kappa shape index (κ2) is 10.6. The van der Waals surface area contributed by atoms with E-state index in [1.807, 2.05) is 18.2 Å². The summed E-state index contributed by atoms with van der Waals surface area (Å²) in [6.07, 6.45) is 0.465. The van der Waals surface area contributed by atoms with Crippen molar-refractivity contribution in [3.8, 4) is 0 Å². The number of nitrogens with zero attached hydrogens (tertiary/aromatic N) is 1. The van der Waals surface area contributed by atoms with Crippen molar-refractivity contribution in [3.05, 3.63) is 71.3 Å². The van der Waals surface area contributed by atoms with Crippen molar-refractivity contribution < 1.29 is 27.5 Å². The molecule has 1 aliphatic heterocycles. The highest BCUT2D eigenvalue weighted by atomic mass is 19.4. The number of amides is 2. The van der Waals surface area contributed by atoms with Crippen LogP contribution < -0.4 is 5.32 Å². The van der Waals surface area contributed by atoms with Gasteiger partial charge in [0.15, 0.2) is 0 Å². The number of hydrogen-bond donors (Lipinski definition) is 1. The lowest BCUT2D eigenvalue weighted by atomic mass is 9.84. The van der Waals surface area contributed by atoms with Crippen LogP contribution in [0.3, 0.4) is 0 Å². The summed E-state index contributed by atoms with van der Waals surface area (Å²) in [6.45, 7) is -1.14. The van der Waals surface area contributed by atoms with Gasteiger partial charge < -0.3 is 15.0 Å². The molecule has 2 aromatic rings. The second-order valence-corrected chi connectivity index (χ2v) is 9.08. The number of ether oxygens (including phenoxy) is 1. The van der Waals surface area contributed by atoms with E-state index in [9.17, 15) is 22.8 Å². The van der Waals surface area contributed by atoms with Crippen molar-refractivity contribution in [2.24, 2.45) is 5.92 Å². The van der Waals surface area contributed by atoms with Crippen molar-refractivity contribution >= 4 is 11.8 Å². The molecule has 1 aliphatic carbocycles. The summed E-state index contributed by atoms with van der Waals surface area (Å²) >= 11 is 0. The molecule has 4 rings (SSSR count). The first-order chi connectivity index (χ1) is 16.3. The Labute approximate surface area is 197 Å². The lowest BCUT2D eigenvalue weighted by Crippen LogP contribution is -2.49. The molecule has 1 saturated heterocycles. The summed E-state index contributed by atoms with van der Waals surface area (Å²) in [6, 6.07) is 15.6. The van der Waals surface area contributed by atoms with Gasteiger partial charge in [-0.3, -0.25) is 9.59 Å². The van der Waals surface area contributed by atoms with E-state index in [-0.39, 0.29) is 31.0 Å². The highest BCUT2D eigenvalue weighted by molar-refractivity contribution is 5.98. The maximum absolute atomic E-state index is 13.3. The summed E-state index contributed by atoms with van der Waals surface area (Å²) in [5.41, 5.74) is 2.04. The van der Waals surface area contributed by atoms with Gasteiger partial charge in [0.2, 0.25) is 5.91 Å². The number of fused-ring (bicyclic) bond motifs is 1. The van der Waals surface area contributed by atoms with Crippen LogP contribution in [0.25, 0.3) is 0 Å². The summed E-state index contributed by atoms with van der Waals surface area (Å²) in [5.74, 6) is 0.0720. The number of likely N-dealkylation sites (tertiary alicyclic amines) is 1. The van der Waals surface area contributed by atoms with Crippen LogP contribution >= 0.6 is 0 Å². The van der Waals surface area contributed by atoms with Gasteiger partial charge in [0.25, 0.3) is 5.91 Å². The number of carbonyl (C=O) groups is 2. The van der Waals surface area contributed by atoms with E-state index in [1.165, 1.54) is 0 Å². The van der Waals surface area contributed by atoms with E-state index in [1.54, 1.807) is 41.3 Å². The van der Waals surface area contributed by atoms with Gasteiger partial charge in [0.05, 0.1) is 6.61 Å². The highest BCUT2D eigenvalue weighted by Gasteiger charge is 2.47. The zero-order valence-corrected chi connectivity index (χ0v) is 18.9. The molecule has 1 N–H and O–H groups in total. The molecule has 182 valence electrons. The molecular formula is C26H29F3N2O3. The Bertz CT molecular complexity index is 979. The third-order valence-electron chi connectivity index (χ3n) is 6.67. The third-order valence-corrected chi connectivity index (χ3v) is 6.67. The minimum Gasteiger partial charge on any atom is -0.367 e. The second-order valence-electron chi connectivity index (χ2n) is 9.08. The minimum absolute atomic E-state index is 0.0909. The molecule has 2 amide bonds. The quantitative estimate of drug-likeness (QED) is 0.624. The first kappa shape index (κ1) is 24.3. The van der Waals surface area contributed by atoms with E-state index in [2.05, 4.69) is 10.1 Å². The molecule has 5 nitrogen and oxygen atoms in total. The first-order valence-electron chi connectivity index (χ1n) is 11.7. The lowest BCUT2D eigenvalue weighted by molar-refractivity contribution is -0.176. The zero-order valence-electron chi connectivity index (χ0n) is 18.9. The van der Waals surface area contributed by atoms with Crippen LogP contribution in [0.1, 0.15) is 53.6 Å². The predicted octanol–water partition coefficient (Wildman–Crippen LogP) is 4.86. The van der Waals surface area contributed by atoms with E-state index in [4.69, 9.17) is 0 Å². The number of benzene rings is 2. The fourth-order valence-electron chi connectivity index (χ4n) is 5.06. The Balaban J connectivity index is 1.37. The number of rotatable bonds is 7. The molecule has 3 atom stereocenters. The van der Waals surface area contributed by atoms with Crippen LogP contribution in [0.5, 0.6) is 0 Å². The van der Waals surface area contributed by atoms with Gasteiger partial charge in [0, 0.05) is 18.2 Å². The monoisotopic (exact) mass is 474 g/mol. The summed E-state index contributed by atoms with van der Waals surface area (Å²) < 4.78 is 41.3. The molecule has 1 heterocycles. The minimum atomic E-state index is -4.35.